The summed E-state index contributed by atoms with van der Waals surface area (Å²) in [6.45, 7) is 5.57. The van der Waals surface area contributed by atoms with E-state index in [1.165, 1.54) is 0 Å². The van der Waals surface area contributed by atoms with Gasteiger partial charge < -0.3 is 15.5 Å². The Morgan fingerprint density at radius 1 is 1.41 bits per heavy atom. The highest BCUT2D eigenvalue weighted by Crippen LogP contribution is 2.12. The standard InChI is InChI=1S/C15H20BrN3O2.ClH/c1-10-11(2)19(7-6-17-10)14(20)9-18-15(21)12-4-3-5-13(16)8-12;/h3-5,8,10-11,17H,6-7,9H2,1-2H3,(H,18,21);1H. The summed E-state index contributed by atoms with van der Waals surface area (Å²) in [5.74, 6) is -0.278. The Labute approximate surface area is 145 Å². The Morgan fingerprint density at radius 2 is 2.14 bits per heavy atom. The lowest BCUT2D eigenvalue weighted by Crippen LogP contribution is -2.58. The lowest BCUT2D eigenvalue weighted by molar-refractivity contribution is -0.133. The lowest BCUT2D eigenvalue weighted by atomic mass is 10.1. The molecule has 122 valence electrons. The van der Waals surface area contributed by atoms with E-state index in [1.54, 1.807) is 18.2 Å². The minimum atomic E-state index is -0.236. The number of nitrogens with one attached hydrogen (secondary N) is 2. The van der Waals surface area contributed by atoms with Crippen molar-refractivity contribution in [1.29, 1.82) is 0 Å². The normalized spacial score (nSPS) is 21.0. The summed E-state index contributed by atoms with van der Waals surface area (Å²) in [4.78, 5) is 26.1. The van der Waals surface area contributed by atoms with Gasteiger partial charge in [0.05, 0.1) is 6.54 Å². The zero-order valence-electron chi connectivity index (χ0n) is 12.6. The van der Waals surface area contributed by atoms with Gasteiger partial charge in [-0.05, 0) is 32.0 Å². The maximum Gasteiger partial charge on any atom is 0.251 e. The molecule has 0 saturated carbocycles. The summed E-state index contributed by atoms with van der Waals surface area (Å²) >= 11 is 3.33. The van der Waals surface area contributed by atoms with Gasteiger partial charge in [-0.25, -0.2) is 0 Å². The second-order valence-electron chi connectivity index (χ2n) is 5.26. The summed E-state index contributed by atoms with van der Waals surface area (Å²) in [6, 6.07) is 7.50. The second-order valence-corrected chi connectivity index (χ2v) is 6.18. The van der Waals surface area contributed by atoms with Crippen molar-refractivity contribution in [2.24, 2.45) is 0 Å². The van der Waals surface area contributed by atoms with Crippen LogP contribution < -0.4 is 10.6 Å². The van der Waals surface area contributed by atoms with E-state index in [1.807, 2.05) is 17.9 Å². The number of rotatable bonds is 3. The van der Waals surface area contributed by atoms with Gasteiger partial charge in [-0.2, -0.15) is 0 Å². The van der Waals surface area contributed by atoms with Crippen molar-refractivity contribution in [2.75, 3.05) is 19.6 Å². The quantitative estimate of drug-likeness (QED) is 0.827. The van der Waals surface area contributed by atoms with Crippen LogP contribution >= 0.6 is 28.3 Å². The van der Waals surface area contributed by atoms with E-state index in [4.69, 9.17) is 0 Å². The summed E-state index contributed by atoms with van der Waals surface area (Å²) in [5, 5.41) is 6.01. The van der Waals surface area contributed by atoms with E-state index in [9.17, 15) is 9.59 Å². The monoisotopic (exact) mass is 389 g/mol. The Kier molecular flexibility index (Phi) is 7.32. The summed E-state index contributed by atoms with van der Waals surface area (Å²) < 4.78 is 0.839. The van der Waals surface area contributed by atoms with E-state index < -0.39 is 0 Å². The van der Waals surface area contributed by atoms with E-state index in [-0.39, 0.29) is 42.8 Å². The van der Waals surface area contributed by atoms with Crippen LogP contribution in [-0.2, 0) is 4.79 Å². The minimum absolute atomic E-state index is 0. The van der Waals surface area contributed by atoms with E-state index >= 15 is 0 Å². The van der Waals surface area contributed by atoms with Gasteiger partial charge in [0.25, 0.3) is 5.91 Å². The fraction of sp³-hybridized carbons (Fsp3) is 0.467. The predicted octanol–water partition coefficient (Wildman–Crippen LogP) is 1.81. The summed E-state index contributed by atoms with van der Waals surface area (Å²) in [5.41, 5.74) is 0.541. The van der Waals surface area contributed by atoms with E-state index in [0.717, 1.165) is 11.0 Å². The zero-order chi connectivity index (χ0) is 15.4. The second kappa shape index (κ2) is 8.50. The smallest absolute Gasteiger partial charge is 0.251 e. The Hall–Kier alpha value is -1.11. The molecule has 1 aromatic carbocycles. The highest BCUT2D eigenvalue weighted by Gasteiger charge is 2.27. The number of nitrogens with zero attached hydrogens (tertiary/aromatic N) is 1. The van der Waals surface area contributed by atoms with Gasteiger partial charge in [-0.3, -0.25) is 9.59 Å². The molecule has 5 nitrogen and oxygen atoms in total. The number of amides is 2. The molecule has 2 unspecified atom stereocenters. The van der Waals surface area contributed by atoms with Crippen molar-refractivity contribution >= 4 is 40.2 Å². The molecule has 0 spiro atoms. The molecule has 1 fully saturated rings. The average Bonchev–Trinajstić information content (AvgIpc) is 2.47. The molecule has 0 aromatic heterocycles. The molecule has 0 aliphatic carbocycles. The SMILES string of the molecule is CC1NCCN(C(=O)CNC(=O)c2cccc(Br)c2)C1C.Cl. The fourth-order valence-electron chi connectivity index (χ4n) is 2.40. The van der Waals surface area contributed by atoms with Gasteiger partial charge in [0.2, 0.25) is 5.91 Å². The van der Waals surface area contributed by atoms with Crippen LogP contribution in [0.1, 0.15) is 24.2 Å². The first-order valence-electron chi connectivity index (χ1n) is 7.05. The van der Waals surface area contributed by atoms with Gasteiger partial charge in [-0.15, -0.1) is 12.4 Å². The Balaban J connectivity index is 0.00000242. The van der Waals surface area contributed by atoms with E-state index in [2.05, 4.69) is 33.5 Å². The summed E-state index contributed by atoms with van der Waals surface area (Å²) in [7, 11) is 0. The molecule has 1 aliphatic heterocycles. The van der Waals surface area contributed by atoms with Crippen LogP contribution in [0.4, 0.5) is 0 Å². The molecular formula is C15H21BrClN3O2. The summed E-state index contributed by atoms with van der Waals surface area (Å²) in [6.07, 6.45) is 0. The maximum absolute atomic E-state index is 12.2. The average molecular weight is 391 g/mol. The molecule has 1 aromatic rings. The van der Waals surface area contributed by atoms with Crippen molar-refractivity contribution in [3.63, 3.8) is 0 Å². The number of carbonyl (C=O) groups is 2. The molecule has 2 atom stereocenters. The molecule has 1 aliphatic rings. The minimum Gasteiger partial charge on any atom is -0.343 e. The number of hydrogen-bond acceptors (Lipinski definition) is 3. The third-order valence-corrected chi connectivity index (χ3v) is 4.33. The molecule has 2 N–H and O–H groups in total. The van der Waals surface area contributed by atoms with Crippen LogP contribution in [0.2, 0.25) is 0 Å². The van der Waals surface area contributed by atoms with Gasteiger partial charge in [0.15, 0.2) is 0 Å². The molecule has 2 rings (SSSR count). The van der Waals surface area contributed by atoms with Crippen molar-refractivity contribution < 1.29 is 9.59 Å². The van der Waals surface area contributed by atoms with Gasteiger partial charge in [-0.1, -0.05) is 22.0 Å². The predicted molar refractivity (Wildman–Crippen MR) is 92.4 cm³/mol. The van der Waals surface area contributed by atoms with Gasteiger partial charge in [0, 0.05) is 35.2 Å². The van der Waals surface area contributed by atoms with Crippen molar-refractivity contribution in [1.82, 2.24) is 15.5 Å². The largest absolute Gasteiger partial charge is 0.343 e. The molecule has 7 heteroatoms. The van der Waals surface area contributed by atoms with Crippen LogP contribution in [0.5, 0.6) is 0 Å². The third kappa shape index (κ3) is 4.69. The molecule has 2 amide bonds. The Morgan fingerprint density at radius 3 is 2.82 bits per heavy atom. The van der Waals surface area contributed by atoms with Crippen molar-refractivity contribution in [2.45, 2.75) is 25.9 Å². The van der Waals surface area contributed by atoms with Crippen LogP contribution in [0.15, 0.2) is 28.7 Å². The van der Waals surface area contributed by atoms with Crippen LogP contribution in [-0.4, -0.2) is 48.4 Å². The lowest BCUT2D eigenvalue weighted by Gasteiger charge is -2.38. The Bertz CT molecular complexity index is 541. The molecule has 0 radical (unpaired) electrons. The highest BCUT2D eigenvalue weighted by atomic mass is 79.9. The number of carbonyl (C=O) groups excluding carboxylic acids is 2. The topological polar surface area (TPSA) is 61.4 Å². The first-order chi connectivity index (χ1) is 9.99. The maximum atomic E-state index is 12.2. The molecule has 22 heavy (non-hydrogen) atoms. The fourth-order valence-corrected chi connectivity index (χ4v) is 2.80. The molecule has 1 heterocycles. The number of piperazine rings is 1. The van der Waals surface area contributed by atoms with Crippen molar-refractivity contribution in [3.05, 3.63) is 34.3 Å². The van der Waals surface area contributed by atoms with Crippen LogP contribution in [0.25, 0.3) is 0 Å². The van der Waals surface area contributed by atoms with Crippen molar-refractivity contribution in [3.8, 4) is 0 Å². The molecule has 1 saturated heterocycles. The number of halogens is 2. The van der Waals surface area contributed by atoms with Crippen LogP contribution in [0.3, 0.4) is 0 Å². The van der Waals surface area contributed by atoms with Gasteiger partial charge in [0.1, 0.15) is 0 Å². The highest BCUT2D eigenvalue weighted by molar-refractivity contribution is 9.10. The number of hydrogen-bond donors (Lipinski definition) is 2. The first kappa shape index (κ1) is 18.9. The zero-order valence-corrected chi connectivity index (χ0v) is 15.0. The van der Waals surface area contributed by atoms with Gasteiger partial charge >= 0.3 is 0 Å². The molecular weight excluding hydrogens is 370 g/mol. The van der Waals surface area contributed by atoms with E-state index in [0.29, 0.717) is 12.1 Å². The van der Waals surface area contributed by atoms with Crippen LogP contribution in [0, 0.1) is 0 Å². The third-order valence-electron chi connectivity index (χ3n) is 3.84. The molecule has 0 bridgehead atoms. The first-order valence-corrected chi connectivity index (χ1v) is 7.85. The number of benzene rings is 1.